The number of anilines is 1. The Morgan fingerprint density at radius 2 is 1.66 bits per heavy atom. The predicted octanol–water partition coefficient (Wildman–Crippen LogP) is 3.19. The van der Waals surface area contributed by atoms with E-state index in [1.807, 2.05) is 13.8 Å². The summed E-state index contributed by atoms with van der Waals surface area (Å²) in [5.41, 5.74) is 0.893. The second-order valence-corrected chi connectivity index (χ2v) is 9.28. The van der Waals surface area contributed by atoms with E-state index in [1.54, 1.807) is 41.3 Å². The predicted molar refractivity (Wildman–Crippen MR) is 116 cm³/mol. The zero-order valence-corrected chi connectivity index (χ0v) is 19.0. The smallest absolute Gasteiger partial charge is 0.253 e. The highest BCUT2D eigenvalue weighted by Crippen LogP contribution is 2.18. The molecule has 0 fully saturated rings. The van der Waals surface area contributed by atoms with E-state index in [-0.39, 0.29) is 17.3 Å². The van der Waals surface area contributed by atoms with Gasteiger partial charge >= 0.3 is 0 Å². The largest absolute Gasteiger partial charge is 0.339 e. The van der Waals surface area contributed by atoms with Crippen LogP contribution >= 0.6 is 15.9 Å². The molecule has 9 heteroatoms. The summed E-state index contributed by atoms with van der Waals surface area (Å²) in [5.74, 6) is -0.623. The number of benzene rings is 2. The SMILES string of the molecule is CCN(CC)C(=O)c1cccc(NC(=O)CN(C)S(=O)(=O)c2ccc(Br)cc2)c1. The molecule has 0 aliphatic rings. The lowest BCUT2D eigenvalue weighted by molar-refractivity contribution is -0.116. The van der Waals surface area contributed by atoms with Crippen LogP contribution in [0.4, 0.5) is 5.69 Å². The van der Waals surface area contributed by atoms with Crippen LogP contribution in [0.5, 0.6) is 0 Å². The Bertz CT molecular complexity index is 973. The van der Waals surface area contributed by atoms with Gasteiger partial charge in [-0.05, 0) is 56.3 Å². The monoisotopic (exact) mass is 481 g/mol. The normalized spacial score (nSPS) is 11.3. The first-order chi connectivity index (χ1) is 13.7. The third-order valence-electron chi connectivity index (χ3n) is 4.33. The van der Waals surface area contributed by atoms with Crippen molar-refractivity contribution in [3.8, 4) is 0 Å². The fourth-order valence-corrected chi connectivity index (χ4v) is 4.09. The number of sulfonamides is 1. The van der Waals surface area contributed by atoms with E-state index in [4.69, 9.17) is 0 Å². The van der Waals surface area contributed by atoms with Gasteiger partial charge in [0.1, 0.15) is 0 Å². The van der Waals surface area contributed by atoms with E-state index < -0.39 is 15.9 Å². The highest BCUT2D eigenvalue weighted by molar-refractivity contribution is 9.10. The molecule has 2 amide bonds. The van der Waals surface area contributed by atoms with Crippen LogP contribution in [0, 0.1) is 0 Å². The van der Waals surface area contributed by atoms with Gasteiger partial charge in [-0.25, -0.2) is 8.42 Å². The number of rotatable bonds is 8. The van der Waals surface area contributed by atoms with Crippen molar-refractivity contribution in [2.45, 2.75) is 18.7 Å². The summed E-state index contributed by atoms with van der Waals surface area (Å²) < 4.78 is 26.9. The Labute approximate surface area is 179 Å². The van der Waals surface area contributed by atoms with Crippen molar-refractivity contribution in [3.63, 3.8) is 0 Å². The molecule has 0 spiro atoms. The summed E-state index contributed by atoms with van der Waals surface area (Å²) in [6, 6.07) is 12.8. The molecule has 0 heterocycles. The minimum absolute atomic E-state index is 0.0998. The molecule has 0 aromatic heterocycles. The maximum atomic E-state index is 12.6. The quantitative estimate of drug-likeness (QED) is 0.626. The summed E-state index contributed by atoms with van der Waals surface area (Å²) in [6.07, 6.45) is 0. The standard InChI is InChI=1S/C20H24BrN3O4S/c1-4-24(5-2)20(26)15-7-6-8-17(13-15)22-19(25)14-23(3)29(27,28)18-11-9-16(21)10-12-18/h6-13H,4-5,14H2,1-3H3,(H,22,25). The molecule has 2 aromatic carbocycles. The van der Waals surface area contributed by atoms with Crippen LogP contribution in [0.25, 0.3) is 0 Å². The summed E-state index contributed by atoms with van der Waals surface area (Å²) in [4.78, 5) is 26.6. The van der Waals surface area contributed by atoms with E-state index in [9.17, 15) is 18.0 Å². The summed E-state index contributed by atoms with van der Waals surface area (Å²) >= 11 is 3.26. The van der Waals surface area contributed by atoms with E-state index in [1.165, 1.54) is 19.2 Å². The van der Waals surface area contributed by atoms with E-state index in [0.717, 1.165) is 8.78 Å². The zero-order valence-electron chi connectivity index (χ0n) is 16.6. The van der Waals surface area contributed by atoms with Crippen LogP contribution < -0.4 is 5.32 Å². The lowest BCUT2D eigenvalue weighted by Crippen LogP contribution is -2.35. The zero-order chi connectivity index (χ0) is 21.6. The second kappa shape index (κ2) is 10.00. The molecule has 0 radical (unpaired) electrons. The molecule has 0 saturated heterocycles. The van der Waals surface area contributed by atoms with Gasteiger partial charge in [-0.2, -0.15) is 4.31 Å². The van der Waals surface area contributed by atoms with Gasteiger partial charge in [-0.15, -0.1) is 0 Å². The Morgan fingerprint density at radius 1 is 1.03 bits per heavy atom. The van der Waals surface area contributed by atoms with Crippen molar-refractivity contribution in [1.82, 2.24) is 9.21 Å². The number of halogens is 1. The second-order valence-electron chi connectivity index (χ2n) is 6.32. The summed E-state index contributed by atoms with van der Waals surface area (Å²) in [6.45, 7) is 4.62. The van der Waals surface area contributed by atoms with Crippen LogP contribution in [0.15, 0.2) is 57.9 Å². The average Bonchev–Trinajstić information content (AvgIpc) is 2.69. The minimum atomic E-state index is -3.79. The van der Waals surface area contributed by atoms with Gasteiger partial charge in [-0.3, -0.25) is 9.59 Å². The maximum absolute atomic E-state index is 12.6. The molecule has 1 N–H and O–H groups in total. The fraction of sp³-hybridized carbons (Fsp3) is 0.300. The lowest BCUT2D eigenvalue weighted by atomic mass is 10.1. The molecule has 29 heavy (non-hydrogen) atoms. The highest BCUT2D eigenvalue weighted by atomic mass is 79.9. The molecule has 0 aliphatic carbocycles. The van der Waals surface area contributed by atoms with Crippen molar-refractivity contribution in [2.24, 2.45) is 0 Å². The number of nitrogens with one attached hydrogen (secondary N) is 1. The van der Waals surface area contributed by atoms with Crippen molar-refractivity contribution < 1.29 is 18.0 Å². The summed E-state index contributed by atoms with van der Waals surface area (Å²) in [5, 5.41) is 2.65. The number of nitrogens with zero attached hydrogens (tertiary/aromatic N) is 2. The number of likely N-dealkylation sites (N-methyl/N-ethyl adjacent to an activating group) is 1. The van der Waals surface area contributed by atoms with Gasteiger partial charge in [0.15, 0.2) is 0 Å². The van der Waals surface area contributed by atoms with Gasteiger partial charge in [-0.1, -0.05) is 22.0 Å². The van der Waals surface area contributed by atoms with Crippen molar-refractivity contribution in [1.29, 1.82) is 0 Å². The third-order valence-corrected chi connectivity index (χ3v) is 6.68. The first-order valence-electron chi connectivity index (χ1n) is 9.10. The molecular weight excluding hydrogens is 458 g/mol. The minimum Gasteiger partial charge on any atom is -0.339 e. The van der Waals surface area contributed by atoms with Crippen LogP contribution in [-0.2, 0) is 14.8 Å². The van der Waals surface area contributed by atoms with Crippen LogP contribution in [0.1, 0.15) is 24.2 Å². The van der Waals surface area contributed by atoms with Gasteiger partial charge in [0.05, 0.1) is 11.4 Å². The van der Waals surface area contributed by atoms with Gasteiger partial charge < -0.3 is 10.2 Å². The molecule has 156 valence electrons. The average molecular weight is 482 g/mol. The molecule has 2 rings (SSSR count). The first kappa shape index (κ1) is 23.1. The van der Waals surface area contributed by atoms with Crippen molar-refractivity contribution in [3.05, 3.63) is 58.6 Å². The topological polar surface area (TPSA) is 86.8 Å². The molecule has 0 saturated carbocycles. The van der Waals surface area contributed by atoms with E-state index >= 15 is 0 Å². The van der Waals surface area contributed by atoms with Gasteiger partial charge in [0.2, 0.25) is 15.9 Å². The molecule has 0 bridgehead atoms. The lowest BCUT2D eigenvalue weighted by Gasteiger charge is -2.19. The molecule has 7 nitrogen and oxygen atoms in total. The maximum Gasteiger partial charge on any atom is 0.253 e. The third kappa shape index (κ3) is 5.88. The number of hydrogen-bond donors (Lipinski definition) is 1. The van der Waals surface area contributed by atoms with E-state index in [2.05, 4.69) is 21.2 Å². The molecule has 0 atom stereocenters. The molecule has 0 unspecified atom stereocenters. The number of amides is 2. The van der Waals surface area contributed by atoms with Crippen LogP contribution in [0.3, 0.4) is 0 Å². The Balaban J connectivity index is 2.08. The van der Waals surface area contributed by atoms with Gasteiger partial charge in [0.25, 0.3) is 5.91 Å². The van der Waals surface area contributed by atoms with Crippen molar-refractivity contribution >= 4 is 43.5 Å². The van der Waals surface area contributed by atoms with Crippen LogP contribution in [-0.4, -0.2) is 56.1 Å². The van der Waals surface area contributed by atoms with Gasteiger partial charge in [0, 0.05) is 35.9 Å². The summed E-state index contributed by atoms with van der Waals surface area (Å²) in [7, 11) is -2.45. The fourth-order valence-electron chi connectivity index (χ4n) is 2.70. The molecule has 0 aliphatic heterocycles. The number of carbonyl (C=O) groups excluding carboxylic acids is 2. The number of hydrogen-bond acceptors (Lipinski definition) is 4. The Morgan fingerprint density at radius 3 is 2.24 bits per heavy atom. The Hall–Kier alpha value is -2.23. The number of carbonyl (C=O) groups is 2. The highest BCUT2D eigenvalue weighted by Gasteiger charge is 2.23. The Kier molecular flexibility index (Phi) is 7.95. The molecular formula is C20H24BrN3O4S. The van der Waals surface area contributed by atoms with E-state index in [0.29, 0.717) is 24.3 Å². The van der Waals surface area contributed by atoms with Crippen molar-refractivity contribution in [2.75, 3.05) is 32.0 Å². The van der Waals surface area contributed by atoms with Crippen LogP contribution in [0.2, 0.25) is 0 Å². The molecule has 2 aromatic rings. The first-order valence-corrected chi connectivity index (χ1v) is 11.3.